The molecule has 8 nitrogen and oxygen atoms in total. The van der Waals surface area contributed by atoms with E-state index < -0.39 is 12.0 Å². The molecule has 0 spiro atoms. The van der Waals surface area contributed by atoms with Crippen LogP contribution in [0.3, 0.4) is 0 Å². The van der Waals surface area contributed by atoms with Gasteiger partial charge in [0.1, 0.15) is 5.76 Å². The molecule has 0 radical (unpaired) electrons. The van der Waals surface area contributed by atoms with Crippen molar-refractivity contribution < 1.29 is 18.7 Å². The molecule has 2 amide bonds. The Morgan fingerprint density at radius 1 is 1.23 bits per heavy atom. The fourth-order valence-electron chi connectivity index (χ4n) is 1.68. The molecule has 2 N–H and O–H groups in total. The largest absolute Gasteiger partial charge is 0.454 e. The highest BCUT2D eigenvalue weighted by Gasteiger charge is 2.12. The van der Waals surface area contributed by atoms with E-state index in [1.54, 1.807) is 31.3 Å². The van der Waals surface area contributed by atoms with Gasteiger partial charge in [-0.1, -0.05) is 6.07 Å². The zero-order valence-corrected chi connectivity index (χ0v) is 11.9. The first-order valence-corrected chi connectivity index (χ1v) is 6.57. The van der Waals surface area contributed by atoms with Gasteiger partial charge >= 0.3 is 12.0 Å². The molecular weight excluding hydrogens is 290 g/mol. The number of carbonyl (C=O) groups is 2. The van der Waals surface area contributed by atoms with Crippen molar-refractivity contribution in [2.24, 2.45) is 0 Å². The molecule has 2 aromatic heterocycles. The number of furan rings is 1. The van der Waals surface area contributed by atoms with Crippen LogP contribution in [0.25, 0.3) is 0 Å². The average Bonchev–Trinajstić information content (AvgIpc) is 2.96. The molecule has 0 aliphatic carbocycles. The van der Waals surface area contributed by atoms with Crippen LogP contribution in [0.2, 0.25) is 0 Å². The van der Waals surface area contributed by atoms with Crippen LogP contribution in [0.4, 0.5) is 4.79 Å². The van der Waals surface area contributed by atoms with Crippen LogP contribution in [-0.2, 0) is 11.3 Å². The molecule has 0 aliphatic rings. The van der Waals surface area contributed by atoms with Gasteiger partial charge in [-0.2, -0.15) is 0 Å². The summed E-state index contributed by atoms with van der Waals surface area (Å²) in [7, 11) is 0. The second-order valence-corrected chi connectivity index (χ2v) is 4.23. The number of rotatable bonds is 4. The minimum Gasteiger partial charge on any atom is -0.454 e. The number of hydrazine groups is 1. The summed E-state index contributed by atoms with van der Waals surface area (Å²) in [6.07, 6.45) is 0.853. The number of ether oxygens (including phenoxy) is 1. The maximum atomic E-state index is 11.7. The van der Waals surface area contributed by atoms with E-state index in [4.69, 9.17) is 4.42 Å². The summed E-state index contributed by atoms with van der Waals surface area (Å²) >= 11 is 0. The number of nitrogens with zero attached hydrogens (tertiary/aromatic N) is 1. The number of pyridine rings is 1. The van der Waals surface area contributed by atoms with E-state index in [1.165, 1.54) is 16.7 Å². The first-order valence-electron chi connectivity index (χ1n) is 6.57. The monoisotopic (exact) mass is 305 g/mol. The van der Waals surface area contributed by atoms with Crippen molar-refractivity contribution in [3.63, 3.8) is 0 Å². The van der Waals surface area contributed by atoms with Gasteiger partial charge in [-0.05, 0) is 25.1 Å². The van der Waals surface area contributed by atoms with Crippen LogP contribution in [0.5, 0.6) is 0 Å². The average molecular weight is 305 g/mol. The molecule has 0 saturated carbocycles. The molecule has 0 fully saturated rings. The molecule has 2 rings (SSSR count). The van der Waals surface area contributed by atoms with Gasteiger partial charge in [0.2, 0.25) is 0 Å². The highest BCUT2D eigenvalue weighted by atomic mass is 16.6. The Bertz CT molecular complexity index is 719. The topological polar surface area (TPSA) is 103 Å². The summed E-state index contributed by atoms with van der Waals surface area (Å²) in [5.74, 6) is -0.176. The third kappa shape index (κ3) is 3.98. The van der Waals surface area contributed by atoms with Crippen molar-refractivity contribution in [3.8, 4) is 0 Å². The third-order valence-electron chi connectivity index (χ3n) is 2.66. The van der Waals surface area contributed by atoms with Crippen LogP contribution in [0.1, 0.15) is 23.2 Å². The van der Waals surface area contributed by atoms with E-state index in [-0.39, 0.29) is 24.5 Å². The van der Waals surface area contributed by atoms with E-state index in [1.807, 2.05) is 0 Å². The first kappa shape index (κ1) is 15.4. The molecule has 8 heteroatoms. The van der Waals surface area contributed by atoms with E-state index in [0.717, 1.165) is 0 Å². The molecule has 0 aliphatic heterocycles. The van der Waals surface area contributed by atoms with Crippen molar-refractivity contribution in [2.75, 3.05) is 6.61 Å². The van der Waals surface area contributed by atoms with E-state index >= 15 is 0 Å². The fourth-order valence-corrected chi connectivity index (χ4v) is 1.68. The number of aromatic nitrogens is 1. The quantitative estimate of drug-likeness (QED) is 0.816. The minimum atomic E-state index is -0.765. The summed E-state index contributed by atoms with van der Waals surface area (Å²) in [5, 5.41) is 0. The summed E-state index contributed by atoms with van der Waals surface area (Å²) in [4.78, 5) is 34.4. The molecule has 2 aromatic rings. The molecular formula is C14H15N3O5. The van der Waals surface area contributed by atoms with Crippen molar-refractivity contribution >= 4 is 12.0 Å². The van der Waals surface area contributed by atoms with E-state index in [2.05, 4.69) is 15.6 Å². The predicted octanol–water partition coefficient (Wildman–Crippen LogP) is 0.880. The lowest BCUT2D eigenvalue weighted by atomic mass is 10.4. The van der Waals surface area contributed by atoms with Crippen LogP contribution in [0.15, 0.2) is 45.7 Å². The van der Waals surface area contributed by atoms with Gasteiger partial charge in [0.15, 0.2) is 5.76 Å². The Hall–Kier alpha value is -3.03. The van der Waals surface area contributed by atoms with E-state index in [0.29, 0.717) is 5.76 Å². The van der Waals surface area contributed by atoms with Crippen molar-refractivity contribution in [1.82, 2.24) is 15.4 Å². The van der Waals surface area contributed by atoms with Gasteiger partial charge in [-0.15, -0.1) is 0 Å². The maximum Gasteiger partial charge on any atom is 0.426 e. The van der Waals surface area contributed by atoms with Gasteiger partial charge in [-0.3, -0.25) is 15.0 Å². The lowest BCUT2D eigenvalue weighted by Crippen LogP contribution is -2.41. The Labute approximate surface area is 125 Å². The molecule has 0 bridgehead atoms. The zero-order valence-electron chi connectivity index (χ0n) is 11.9. The minimum absolute atomic E-state index is 0.00998. The number of amides is 2. The van der Waals surface area contributed by atoms with E-state index in [9.17, 15) is 14.4 Å². The van der Waals surface area contributed by atoms with Crippen LogP contribution < -0.4 is 16.4 Å². The third-order valence-corrected chi connectivity index (χ3v) is 2.66. The summed E-state index contributed by atoms with van der Waals surface area (Å²) in [6.45, 7) is 2.04. The van der Waals surface area contributed by atoms with Crippen molar-refractivity contribution in [3.05, 3.63) is 58.4 Å². The van der Waals surface area contributed by atoms with Gasteiger partial charge in [0.05, 0.1) is 13.2 Å². The van der Waals surface area contributed by atoms with Crippen molar-refractivity contribution in [1.29, 1.82) is 0 Å². The van der Waals surface area contributed by atoms with Crippen molar-refractivity contribution in [2.45, 2.75) is 13.5 Å². The lowest BCUT2D eigenvalue weighted by Gasteiger charge is -2.05. The normalized spacial score (nSPS) is 10.0. The zero-order chi connectivity index (χ0) is 15.9. The SMILES string of the molecule is CCOC(=O)NNC(=O)c1ccc(Cn2ccccc2=O)o1. The fraction of sp³-hybridized carbons (Fsp3) is 0.214. The van der Waals surface area contributed by atoms with Gasteiger partial charge in [0, 0.05) is 12.3 Å². The highest BCUT2D eigenvalue weighted by molar-refractivity contribution is 5.92. The number of nitrogens with one attached hydrogen (secondary N) is 2. The Kier molecular flexibility index (Phi) is 4.97. The molecule has 0 unspecified atom stereocenters. The van der Waals surface area contributed by atoms with Gasteiger partial charge < -0.3 is 13.7 Å². The second-order valence-electron chi connectivity index (χ2n) is 4.23. The first-order chi connectivity index (χ1) is 10.6. The molecule has 2 heterocycles. The Balaban J connectivity index is 1.96. The number of hydrogen-bond donors (Lipinski definition) is 2. The second kappa shape index (κ2) is 7.11. The molecule has 116 valence electrons. The lowest BCUT2D eigenvalue weighted by molar-refractivity contribution is 0.0884. The van der Waals surface area contributed by atoms with Crippen LogP contribution in [0, 0.1) is 0 Å². The van der Waals surface area contributed by atoms with Gasteiger partial charge in [0.25, 0.3) is 5.56 Å². The predicted molar refractivity (Wildman–Crippen MR) is 76.1 cm³/mol. The van der Waals surface area contributed by atoms with Gasteiger partial charge in [-0.25, -0.2) is 10.2 Å². The van der Waals surface area contributed by atoms with Crippen LogP contribution in [-0.4, -0.2) is 23.2 Å². The van der Waals surface area contributed by atoms with Crippen LogP contribution >= 0.6 is 0 Å². The Morgan fingerprint density at radius 3 is 2.77 bits per heavy atom. The summed E-state index contributed by atoms with van der Waals surface area (Å²) in [5.41, 5.74) is 4.05. The molecule has 0 atom stereocenters. The summed E-state index contributed by atoms with van der Waals surface area (Å²) < 4.78 is 11.4. The summed E-state index contributed by atoms with van der Waals surface area (Å²) in [6, 6.07) is 7.83. The number of hydrogen-bond acceptors (Lipinski definition) is 5. The molecule has 0 saturated heterocycles. The highest BCUT2D eigenvalue weighted by Crippen LogP contribution is 2.08. The standard InChI is InChI=1S/C14H15N3O5/c1-2-21-14(20)16-15-13(19)11-7-6-10(22-11)9-17-8-4-3-5-12(17)18/h3-8H,2,9H2,1H3,(H,15,19)(H,16,20). The maximum absolute atomic E-state index is 11.7. The Morgan fingerprint density at radius 2 is 2.05 bits per heavy atom. The number of carbonyl (C=O) groups excluding carboxylic acids is 2. The smallest absolute Gasteiger partial charge is 0.426 e. The molecule has 22 heavy (non-hydrogen) atoms. The molecule has 0 aromatic carbocycles.